The van der Waals surface area contributed by atoms with Gasteiger partial charge >= 0.3 is 0 Å². The first-order valence-electron chi connectivity index (χ1n) is 9.86. The highest BCUT2D eigenvalue weighted by Crippen LogP contribution is 2.41. The number of rotatable bonds is 2. The highest BCUT2D eigenvalue weighted by molar-refractivity contribution is 7.26. The minimum Gasteiger partial charge on any atom is -0.338 e. The summed E-state index contributed by atoms with van der Waals surface area (Å²) in [6, 6.07) is 21.4. The second-order valence-electron chi connectivity index (χ2n) is 6.96. The fraction of sp³-hybridized carbons (Fsp3) is 0.167. The molecule has 0 bridgehead atoms. The van der Waals surface area contributed by atoms with Crippen molar-refractivity contribution in [3.8, 4) is 12.1 Å². The van der Waals surface area contributed by atoms with Crippen molar-refractivity contribution >= 4 is 63.5 Å². The van der Waals surface area contributed by atoms with E-state index in [0.29, 0.717) is 11.1 Å². The molecule has 0 unspecified atom stereocenters. The molecule has 2 aromatic heterocycles. The molecule has 0 saturated carbocycles. The highest BCUT2D eigenvalue weighted by Gasteiger charge is 2.22. The molecule has 5 rings (SSSR count). The Hall–Kier alpha value is -3.32. The summed E-state index contributed by atoms with van der Waals surface area (Å²) in [6.45, 7) is 5.62. The van der Waals surface area contributed by atoms with Crippen LogP contribution >= 0.6 is 22.7 Å². The number of aryl methyl sites for hydroxylation is 2. The molecule has 5 aromatic rings. The molecule has 2 heterocycles. The van der Waals surface area contributed by atoms with Gasteiger partial charge in [0.2, 0.25) is 0 Å². The standard InChI is InChI=1S/C24H18N4S2/c1-3-27-17-9-5-7-11-19(17)29-23-16(14-26)22-24(15(13-25)21(23)27)30-20-12-8-6-10-18(20)28(22)4-2/h5-12H,3-4H2,1-2H3. The van der Waals surface area contributed by atoms with Crippen LogP contribution in [0.4, 0.5) is 0 Å². The Balaban J connectivity index is 2.19. The number of aromatic nitrogens is 2. The Kier molecular flexibility index (Phi) is 4.47. The van der Waals surface area contributed by atoms with Crippen molar-refractivity contribution < 1.29 is 0 Å². The van der Waals surface area contributed by atoms with Crippen LogP contribution in [0.5, 0.6) is 0 Å². The summed E-state index contributed by atoms with van der Waals surface area (Å²) in [4.78, 5) is 0. The number of benzene rings is 3. The summed E-state index contributed by atoms with van der Waals surface area (Å²) in [5.74, 6) is 0. The van der Waals surface area contributed by atoms with Gasteiger partial charge in [0.1, 0.15) is 12.1 Å². The summed E-state index contributed by atoms with van der Waals surface area (Å²) >= 11 is 3.20. The summed E-state index contributed by atoms with van der Waals surface area (Å²) in [6.07, 6.45) is 0. The third kappa shape index (κ3) is 2.48. The number of hydrogen-bond acceptors (Lipinski definition) is 4. The van der Waals surface area contributed by atoms with E-state index in [1.807, 2.05) is 24.3 Å². The predicted molar refractivity (Wildman–Crippen MR) is 127 cm³/mol. The lowest BCUT2D eigenvalue weighted by atomic mass is 10.1. The lowest BCUT2D eigenvalue weighted by Gasteiger charge is -2.20. The maximum Gasteiger partial charge on any atom is 0.103 e. The SMILES string of the molecule is CCn1c2ccccc2sc2c(C#N)c3c(sc4ccccc4n3CC)c(C#N)c21. The van der Waals surface area contributed by atoms with Crippen LogP contribution in [-0.4, -0.2) is 9.13 Å². The second-order valence-corrected chi connectivity index (χ2v) is 9.06. The van der Waals surface area contributed by atoms with Gasteiger partial charge in [-0.3, -0.25) is 0 Å². The molecule has 4 nitrogen and oxygen atoms in total. The maximum absolute atomic E-state index is 10.3. The number of para-hydroxylation sites is 2. The van der Waals surface area contributed by atoms with Crippen molar-refractivity contribution in [3.63, 3.8) is 0 Å². The molecule has 30 heavy (non-hydrogen) atoms. The van der Waals surface area contributed by atoms with E-state index in [-0.39, 0.29) is 0 Å². The van der Waals surface area contributed by atoms with Gasteiger partial charge in [-0.1, -0.05) is 24.3 Å². The van der Waals surface area contributed by atoms with Gasteiger partial charge in [0, 0.05) is 13.1 Å². The number of hydrogen-bond donors (Lipinski definition) is 0. The summed E-state index contributed by atoms with van der Waals surface area (Å²) < 4.78 is 8.34. The fourth-order valence-electron chi connectivity index (χ4n) is 4.25. The van der Waals surface area contributed by atoms with Gasteiger partial charge in [0.05, 0.1) is 52.0 Å². The molecule has 0 fully saturated rings. The highest BCUT2D eigenvalue weighted by atomic mass is 32.1. The van der Waals surface area contributed by atoms with Crippen molar-refractivity contribution in [2.45, 2.75) is 26.9 Å². The summed E-state index contributed by atoms with van der Waals surface area (Å²) in [5.41, 5.74) is 5.21. The molecule has 3 aromatic carbocycles. The van der Waals surface area contributed by atoms with Gasteiger partial charge in [0.25, 0.3) is 0 Å². The Morgan fingerprint density at radius 2 is 1.10 bits per heavy atom. The van der Waals surface area contributed by atoms with Gasteiger partial charge in [0.15, 0.2) is 0 Å². The molecule has 0 saturated heterocycles. The summed E-state index contributed by atoms with van der Waals surface area (Å²) in [5, 5.41) is 20.6. The zero-order chi connectivity index (χ0) is 20.8. The molecule has 0 aliphatic carbocycles. The van der Waals surface area contributed by atoms with Gasteiger partial charge in [-0.05, 0) is 38.1 Å². The molecule has 6 heteroatoms. The molecule has 0 radical (unpaired) electrons. The van der Waals surface area contributed by atoms with E-state index in [9.17, 15) is 10.5 Å². The largest absolute Gasteiger partial charge is 0.338 e. The number of fused-ring (bicyclic) bond motifs is 4. The van der Waals surface area contributed by atoms with Crippen LogP contribution in [0.25, 0.3) is 40.9 Å². The van der Waals surface area contributed by atoms with E-state index < -0.39 is 0 Å². The van der Waals surface area contributed by atoms with Crippen LogP contribution in [0.15, 0.2) is 48.5 Å². The lowest BCUT2D eigenvalue weighted by Crippen LogP contribution is -2.06. The fourth-order valence-corrected chi connectivity index (χ4v) is 6.66. The van der Waals surface area contributed by atoms with Crippen LogP contribution in [0.3, 0.4) is 0 Å². The first-order valence-corrected chi connectivity index (χ1v) is 11.5. The predicted octanol–water partition coefficient (Wildman–Crippen LogP) is 6.93. The van der Waals surface area contributed by atoms with E-state index in [1.165, 1.54) is 0 Å². The van der Waals surface area contributed by atoms with E-state index in [0.717, 1.165) is 54.0 Å². The van der Waals surface area contributed by atoms with Gasteiger partial charge < -0.3 is 9.13 Å². The normalized spacial score (nSPS) is 11.2. The molecule has 0 aliphatic rings. The molecule has 0 N–H and O–H groups in total. The van der Waals surface area contributed by atoms with Crippen LogP contribution in [0, 0.1) is 22.7 Å². The van der Waals surface area contributed by atoms with Crippen LogP contribution < -0.4 is 0 Å². The zero-order valence-electron chi connectivity index (χ0n) is 16.6. The van der Waals surface area contributed by atoms with Crippen LogP contribution in [0.1, 0.15) is 25.0 Å². The lowest BCUT2D eigenvalue weighted by molar-refractivity contribution is 0.818. The number of nitriles is 2. The van der Waals surface area contributed by atoms with Crippen LogP contribution in [0.2, 0.25) is 0 Å². The third-order valence-corrected chi connectivity index (χ3v) is 7.82. The monoisotopic (exact) mass is 426 g/mol. The first kappa shape index (κ1) is 18.7. The molecular weight excluding hydrogens is 408 g/mol. The Bertz CT molecular complexity index is 1470. The molecule has 0 atom stereocenters. The van der Waals surface area contributed by atoms with E-state index in [4.69, 9.17) is 0 Å². The minimum atomic E-state index is 0.654. The van der Waals surface area contributed by atoms with E-state index in [2.05, 4.69) is 59.4 Å². The average Bonchev–Trinajstić information content (AvgIpc) is 2.79. The summed E-state index contributed by atoms with van der Waals surface area (Å²) in [7, 11) is 0. The zero-order valence-corrected chi connectivity index (χ0v) is 18.3. The Morgan fingerprint density at radius 3 is 1.47 bits per heavy atom. The van der Waals surface area contributed by atoms with Crippen LogP contribution in [-0.2, 0) is 13.1 Å². The van der Waals surface area contributed by atoms with Crippen molar-refractivity contribution in [1.82, 2.24) is 9.13 Å². The topological polar surface area (TPSA) is 57.4 Å². The van der Waals surface area contributed by atoms with E-state index in [1.54, 1.807) is 22.7 Å². The van der Waals surface area contributed by atoms with Crippen molar-refractivity contribution in [1.29, 1.82) is 10.5 Å². The number of nitrogens with zero attached hydrogens (tertiary/aromatic N) is 4. The molecule has 0 spiro atoms. The van der Waals surface area contributed by atoms with Crippen molar-refractivity contribution in [2.75, 3.05) is 0 Å². The van der Waals surface area contributed by atoms with E-state index >= 15 is 0 Å². The molecule has 0 amide bonds. The minimum absolute atomic E-state index is 0.654. The molecule has 0 aliphatic heterocycles. The Morgan fingerprint density at radius 1 is 0.700 bits per heavy atom. The molecular formula is C24H18N4S2. The first-order chi connectivity index (χ1) is 14.7. The quantitative estimate of drug-likeness (QED) is 0.287. The maximum atomic E-state index is 10.3. The van der Waals surface area contributed by atoms with Gasteiger partial charge in [-0.2, -0.15) is 10.5 Å². The van der Waals surface area contributed by atoms with Crippen molar-refractivity contribution in [2.24, 2.45) is 0 Å². The van der Waals surface area contributed by atoms with Gasteiger partial charge in [-0.15, -0.1) is 22.7 Å². The van der Waals surface area contributed by atoms with Crippen molar-refractivity contribution in [3.05, 3.63) is 59.7 Å². The second kappa shape index (κ2) is 7.18. The smallest absolute Gasteiger partial charge is 0.103 e. The molecule has 146 valence electrons. The average molecular weight is 427 g/mol. The Labute approximate surface area is 181 Å². The van der Waals surface area contributed by atoms with Gasteiger partial charge in [-0.25, -0.2) is 0 Å². The third-order valence-electron chi connectivity index (χ3n) is 5.49.